The number of nitrogens with zero attached hydrogens (tertiary/aromatic N) is 1. The van der Waals surface area contributed by atoms with Crippen LogP contribution in [-0.2, 0) is 5.67 Å². The summed E-state index contributed by atoms with van der Waals surface area (Å²) in [5.74, 6) is -3.68. The van der Waals surface area contributed by atoms with E-state index in [9.17, 15) is 50.4 Å². The molecule has 0 aromatic heterocycles. The van der Waals surface area contributed by atoms with Crippen LogP contribution in [-0.4, -0.2) is 29.1 Å². The molecule has 3 rings (SSSR count). The van der Waals surface area contributed by atoms with E-state index in [-0.39, 0.29) is 22.8 Å². The SMILES string of the molecule is Cc1cc(C(F)(C(F)(F)F)C(F)(F)F)cc(C)c1NC(=O)c1cccc(NC(=O)c2ccc(Cl)cc2[N+](=O)[O-])c1F. The second-order valence-electron chi connectivity index (χ2n) is 8.63. The van der Waals surface area contributed by atoms with Crippen LogP contribution in [0, 0.1) is 29.8 Å². The average molecular weight is 610 g/mol. The number of alkyl halides is 7. The number of nitro groups is 1. The van der Waals surface area contributed by atoms with Crippen molar-refractivity contribution < 1.29 is 49.6 Å². The molecule has 41 heavy (non-hydrogen) atoms. The van der Waals surface area contributed by atoms with Gasteiger partial charge in [-0.15, -0.1) is 0 Å². The van der Waals surface area contributed by atoms with Gasteiger partial charge in [0.2, 0.25) is 0 Å². The number of anilines is 2. The minimum Gasteiger partial charge on any atom is -0.321 e. The number of rotatable bonds is 6. The molecule has 0 aliphatic rings. The van der Waals surface area contributed by atoms with E-state index in [1.54, 1.807) is 0 Å². The van der Waals surface area contributed by atoms with Crippen molar-refractivity contribution in [1.82, 2.24) is 0 Å². The Balaban J connectivity index is 1.94. The predicted octanol–water partition coefficient (Wildman–Crippen LogP) is 7.80. The molecular weight excluding hydrogens is 594 g/mol. The van der Waals surface area contributed by atoms with Gasteiger partial charge in [-0.2, -0.15) is 26.3 Å². The fourth-order valence-corrected chi connectivity index (χ4v) is 4.04. The van der Waals surface area contributed by atoms with E-state index in [4.69, 9.17) is 11.6 Å². The number of nitro benzene ring substituents is 1. The first-order chi connectivity index (χ1) is 18.8. The molecule has 0 saturated heterocycles. The van der Waals surface area contributed by atoms with E-state index in [0.29, 0.717) is 0 Å². The maximum atomic E-state index is 15.2. The Kier molecular flexibility index (Phi) is 8.35. The molecule has 0 radical (unpaired) electrons. The van der Waals surface area contributed by atoms with E-state index in [0.717, 1.165) is 44.2 Å². The number of carbonyl (C=O) groups is 2. The third-order valence-electron chi connectivity index (χ3n) is 5.84. The van der Waals surface area contributed by atoms with Gasteiger partial charge in [0.1, 0.15) is 5.56 Å². The summed E-state index contributed by atoms with van der Waals surface area (Å²) in [7, 11) is 0. The van der Waals surface area contributed by atoms with Crippen molar-refractivity contribution in [2.75, 3.05) is 10.6 Å². The Hall–Kier alpha value is -4.27. The molecule has 0 spiro atoms. The lowest BCUT2D eigenvalue weighted by Gasteiger charge is -2.31. The Bertz CT molecular complexity index is 1520. The normalized spacial score (nSPS) is 12.2. The van der Waals surface area contributed by atoms with Crippen molar-refractivity contribution >= 4 is 40.5 Å². The van der Waals surface area contributed by atoms with Gasteiger partial charge in [0.25, 0.3) is 17.5 Å². The summed E-state index contributed by atoms with van der Waals surface area (Å²) in [5, 5.41) is 15.4. The molecule has 2 N–H and O–H groups in total. The molecule has 218 valence electrons. The zero-order chi connectivity index (χ0) is 31.1. The molecule has 0 aliphatic carbocycles. The number of aryl methyl sites for hydroxylation is 2. The van der Waals surface area contributed by atoms with Crippen molar-refractivity contribution in [1.29, 1.82) is 0 Å². The van der Waals surface area contributed by atoms with Crippen molar-refractivity contribution in [3.63, 3.8) is 0 Å². The molecule has 16 heteroatoms. The van der Waals surface area contributed by atoms with Gasteiger partial charge in [-0.05, 0) is 49.2 Å². The van der Waals surface area contributed by atoms with E-state index in [1.165, 1.54) is 6.07 Å². The van der Waals surface area contributed by atoms with Crippen LogP contribution in [0.4, 0.5) is 52.2 Å². The zero-order valence-corrected chi connectivity index (χ0v) is 21.4. The maximum Gasteiger partial charge on any atom is 0.435 e. The summed E-state index contributed by atoms with van der Waals surface area (Å²) < 4.78 is 109. The zero-order valence-electron chi connectivity index (χ0n) is 20.6. The molecule has 2 amide bonds. The van der Waals surface area contributed by atoms with Crippen LogP contribution in [0.2, 0.25) is 5.02 Å². The lowest BCUT2D eigenvalue weighted by Crippen LogP contribution is -2.50. The minimum atomic E-state index is -6.35. The van der Waals surface area contributed by atoms with Crippen LogP contribution in [0.25, 0.3) is 0 Å². The summed E-state index contributed by atoms with van der Waals surface area (Å²) >= 11 is 5.71. The van der Waals surface area contributed by atoms with Gasteiger partial charge in [-0.25, -0.2) is 8.78 Å². The van der Waals surface area contributed by atoms with Gasteiger partial charge in [0, 0.05) is 22.3 Å². The van der Waals surface area contributed by atoms with Gasteiger partial charge < -0.3 is 10.6 Å². The average Bonchev–Trinajstić information content (AvgIpc) is 2.85. The first-order valence-electron chi connectivity index (χ1n) is 11.1. The monoisotopic (exact) mass is 609 g/mol. The molecule has 7 nitrogen and oxygen atoms in total. The molecule has 0 atom stereocenters. The second-order valence-corrected chi connectivity index (χ2v) is 9.07. The number of nitrogens with one attached hydrogen (secondary N) is 2. The molecular formula is C25H16ClF8N3O4. The highest BCUT2D eigenvalue weighted by Gasteiger charge is 2.73. The first-order valence-corrected chi connectivity index (χ1v) is 11.5. The highest BCUT2D eigenvalue weighted by atomic mass is 35.5. The van der Waals surface area contributed by atoms with Gasteiger partial charge >= 0.3 is 18.0 Å². The summed E-state index contributed by atoms with van der Waals surface area (Å²) in [6.07, 6.45) is -12.7. The van der Waals surface area contributed by atoms with E-state index in [2.05, 4.69) is 10.6 Å². The Labute approximate surface area is 230 Å². The summed E-state index contributed by atoms with van der Waals surface area (Å²) in [6, 6.07) is 6.69. The molecule has 0 bridgehead atoms. The van der Waals surface area contributed by atoms with Crippen molar-refractivity contribution in [3.8, 4) is 0 Å². The largest absolute Gasteiger partial charge is 0.435 e. The summed E-state index contributed by atoms with van der Waals surface area (Å²) in [6.45, 7) is 2.01. The van der Waals surface area contributed by atoms with Crippen molar-refractivity contribution in [3.05, 3.63) is 97.3 Å². The third kappa shape index (κ3) is 5.94. The predicted molar refractivity (Wildman–Crippen MR) is 131 cm³/mol. The first kappa shape index (κ1) is 31.3. The van der Waals surface area contributed by atoms with Gasteiger partial charge in [0.05, 0.1) is 16.2 Å². The van der Waals surface area contributed by atoms with Crippen LogP contribution < -0.4 is 10.6 Å². The van der Waals surface area contributed by atoms with Crippen LogP contribution in [0.15, 0.2) is 48.5 Å². The lowest BCUT2D eigenvalue weighted by atomic mass is 9.90. The number of benzene rings is 3. The topological polar surface area (TPSA) is 101 Å². The summed E-state index contributed by atoms with van der Waals surface area (Å²) in [4.78, 5) is 35.8. The highest BCUT2D eigenvalue weighted by Crippen LogP contribution is 2.53. The Morgan fingerprint density at radius 1 is 0.829 bits per heavy atom. The second kappa shape index (κ2) is 11.0. The van der Waals surface area contributed by atoms with Crippen molar-refractivity contribution in [2.45, 2.75) is 31.9 Å². The Morgan fingerprint density at radius 3 is 1.88 bits per heavy atom. The third-order valence-corrected chi connectivity index (χ3v) is 6.08. The van der Waals surface area contributed by atoms with Crippen molar-refractivity contribution in [2.24, 2.45) is 0 Å². The molecule has 0 saturated carbocycles. The standard InChI is InChI=1S/C25H16ClF8N3O4/c1-11-8-13(23(28,24(29,30)31)25(32,33)34)9-12(2)20(11)36-22(39)16-4-3-5-17(19(16)27)35-21(38)15-7-6-14(26)10-18(15)37(40)41/h3-10H,1-2H3,(H,35,38)(H,36,39). The molecule has 0 unspecified atom stereocenters. The number of hydrogen-bond acceptors (Lipinski definition) is 4. The van der Waals surface area contributed by atoms with Crippen LogP contribution >= 0.6 is 11.6 Å². The van der Waals surface area contributed by atoms with E-state index >= 15 is 4.39 Å². The highest BCUT2D eigenvalue weighted by molar-refractivity contribution is 6.31. The quantitative estimate of drug-likeness (QED) is 0.169. The molecule has 0 aliphatic heterocycles. The molecule has 0 heterocycles. The fourth-order valence-electron chi connectivity index (χ4n) is 3.87. The van der Waals surface area contributed by atoms with E-state index < -0.39 is 79.8 Å². The lowest BCUT2D eigenvalue weighted by molar-refractivity contribution is -0.385. The smallest absolute Gasteiger partial charge is 0.321 e. The van der Waals surface area contributed by atoms with Gasteiger partial charge in [-0.3, -0.25) is 19.7 Å². The van der Waals surface area contributed by atoms with Gasteiger partial charge in [0.15, 0.2) is 5.82 Å². The number of halogens is 9. The Morgan fingerprint density at radius 2 is 1.37 bits per heavy atom. The number of amides is 2. The van der Waals surface area contributed by atoms with Crippen LogP contribution in [0.5, 0.6) is 0 Å². The fraction of sp³-hybridized carbons (Fsp3) is 0.200. The van der Waals surface area contributed by atoms with Crippen LogP contribution in [0.3, 0.4) is 0 Å². The van der Waals surface area contributed by atoms with Gasteiger partial charge in [-0.1, -0.05) is 29.8 Å². The van der Waals surface area contributed by atoms with Crippen LogP contribution in [0.1, 0.15) is 37.4 Å². The number of carbonyl (C=O) groups excluding carboxylic acids is 2. The minimum absolute atomic E-state index is 0.0502. The van der Waals surface area contributed by atoms with E-state index in [1.807, 2.05) is 0 Å². The number of hydrogen-bond donors (Lipinski definition) is 2. The molecule has 0 fully saturated rings. The summed E-state index contributed by atoms with van der Waals surface area (Å²) in [5.41, 5.74) is -11.1. The molecule has 3 aromatic rings. The molecule has 3 aromatic carbocycles. The maximum absolute atomic E-state index is 15.2.